The van der Waals surface area contributed by atoms with Crippen molar-refractivity contribution in [2.24, 2.45) is 0 Å². The smallest absolute Gasteiger partial charge is 0.338 e. The second-order valence-electron chi connectivity index (χ2n) is 8.83. The van der Waals surface area contributed by atoms with E-state index in [4.69, 9.17) is 4.74 Å². The fourth-order valence-corrected chi connectivity index (χ4v) is 4.59. The van der Waals surface area contributed by atoms with Gasteiger partial charge in [-0.25, -0.2) is 14.4 Å². The number of nitrogens with one attached hydrogen (secondary N) is 2. The van der Waals surface area contributed by atoms with Crippen LogP contribution < -0.4 is 10.6 Å². The van der Waals surface area contributed by atoms with E-state index in [0.29, 0.717) is 44.0 Å². The Bertz CT molecular complexity index is 961. The average Bonchev–Trinajstić information content (AvgIpc) is 3.03. The zero-order valence-corrected chi connectivity index (χ0v) is 20.9. The zero-order chi connectivity index (χ0) is 24.8. The number of urea groups is 2. The fourth-order valence-electron chi connectivity index (χ4n) is 4.59. The first-order valence-corrected chi connectivity index (χ1v) is 12.0. The Kier molecular flexibility index (Phi) is 8.55. The number of carbonyl (C=O) groups excluding carboxylic acids is 3. The van der Waals surface area contributed by atoms with Crippen LogP contribution in [0.1, 0.15) is 43.0 Å². The molecule has 2 N–H and O–H groups in total. The van der Waals surface area contributed by atoms with Crippen molar-refractivity contribution in [3.05, 3.63) is 46.2 Å². The number of hydrogen-bond acceptors (Lipinski definition) is 5. The summed E-state index contributed by atoms with van der Waals surface area (Å²) >= 11 is 0. The van der Waals surface area contributed by atoms with Gasteiger partial charge in [-0.2, -0.15) is 0 Å². The van der Waals surface area contributed by atoms with Crippen molar-refractivity contribution in [1.29, 1.82) is 0 Å². The van der Waals surface area contributed by atoms with Gasteiger partial charge in [0.15, 0.2) is 0 Å². The van der Waals surface area contributed by atoms with Gasteiger partial charge < -0.3 is 20.3 Å². The lowest BCUT2D eigenvalue weighted by Gasteiger charge is -2.37. The van der Waals surface area contributed by atoms with E-state index in [-0.39, 0.29) is 18.7 Å². The predicted molar refractivity (Wildman–Crippen MR) is 130 cm³/mol. The molecule has 1 atom stereocenters. The molecule has 1 fully saturated rings. The van der Waals surface area contributed by atoms with E-state index in [1.807, 2.05) is 43.9 Å². The maximum Gasteiger partial charge on any atom is 0.338 e. The van der Waals surface area contributed by atoms with E-state index in [0.717, 1.165) is 29.7 Å². The first kappa shape index (κ1) is 25.6. The molecule has 0 radical (unpaired) electrons. The number of nitrogens with zero attached hydrogens (tertiary/aromatic N) is 3. The lowest BCUT2D eigenvalue weighted by molar-refractivity contribution is -0.139. The molecule has 0 saturated carbocycles. The zero-order valence-electron chi connectivity index (χ0n) is 20.9. The van der Waals surface area contributed by atoms with E-state index < -0.39 is 12.0 Å². The first-order valence-electron chi connectivity index (χ1n) is 12.0. The van der Waals surface area contributed by atoms with Gasteiger partial charge in [0.1, 0.15) is 0 Å². The molecule has 186 valence electrons. The number of ether oxygens (including phenoxy) is 1. The highest BCUT2D eigenvalue weighted by atomic mass is 16.5. The molecule has 1 aromatic rings. The molecule has 3 rings (SSSR count). The van der Waals surface area contributed by atoms with Gasteiger partial charge in [0.2, 0.25) is 0 Å². The first-order chi connectivity index (χ1) is 16.3. The van der Waals surface area contributed by atoms with Crippen molar-refractivity contribution >= 4 is 18.0 Å². The average molecular weight is 472 g/mol. The highest BCUT2D eigenvalue weighted by Gasteiger charge is 2.38. The number of amides is 4. The summed E-state index contributed by atoms with van der Waals surface area (Å²) in [4.78, 5) is 44.0. The number of esters is 1. The molecule has 34 heavy (non-hydrogen) atoms. The molecule has 1 aromatic carbocycles. The summed E-state index contributed by atoms with van der Waals surface area (Å²) in [5, 5.41) is 5.85. The number of carbonyl (C=O) groups is 3. The molecular formula is C25H37N5O4. The molecule has 2 aliphatic heterocycles. The second-order valence-corrected chi connectivity index (χ2v) is 8.83. The summed E-state index contributed by atoms with van der Waals surface area (Å²) in [6.07, 6.45) is 0.815. The molecule has 2 heterocycles. The van der Waals surface area contributed by atoms with Crippen molar-refractivity contribution < 1.29 is 19.1 Å². The van der Waals surface area contributed by atoms with Crippen molar-refractivity contribution in [3.63, 3.8) is 0 Å². The van der Waals surface area contributed by atoms with Gasteiger partial charge in [-0.05, 0) is 45.2 Å². The SMILES string of the molecule is CCNC(=O)N1CCCN(CC2=C(C(=O)OCC)C(c3ccc(C)cc3C)NC(=O)N2C)CC1. The van der Waals surface area contributed by atoms with Crippen molar-refractivity contribution in [3.8, 4) is 0 Å². The summed E-state index contributed by atoms with van der Waals surface area (Å²) < 4.78 is 5.45. The van der Waals surface area contributed by atoms with Crippen LogP contribution in [0.25, 0.3) is 0 Å². The molecule has 0 aliphatic carbocycles. The van der Waals surface area contributed by atoms with Gasteiger partial charge in [0, 0.05) is 52.0 Å². The standard InChI is InChI=1S/C25H37N5O4/c1-6-26-24(32)30-12-8-11-29(13-14-30)16-20-21(23(31)34-7-2)22(27-25(33)28(20)5)19-10-9-17(3)15-18(19)4/h9-10,15,22H,6-8,11-14,16H2,1-5H3,(H,26,32)(H,27,33). The van der Waals surface area contributed by atoms with E-state index >= 15 is 0 Å². The maximum atomic E-state index is 13.2. The second kappa shape index (κ2) is 11.4. The molecule has 1 unspecified atom stereocenters. The number of aryl methyl sites for hydroxylation is 2. The Morgan fingerprint density at radius 2 is 1.91 bits per heavy atom. The van der Waals surface area contributed by atoms with Crippen LogP contribution in [0.15, 0.2) is 29.5 Å². The fraction of sp³-hybridized carbons (Fsp3) is 0.560. The third-order valence-corrected chi connectivity index (χ3v) is 6.39. The van der Waals surface area contributed by atoms with E-state index in [2.05, 4.69) is 15.5 Å². The largest absolute Gasteiger partial charge is 0.463 e. The van der Waals surface area contributed by atoms with E-state index in [9.17, 15) is 14.4 Å². The Morgan fingerprint density at radius 1 is 1.15 bits per heavy atom. The Hall–Kier alpha value is -3.07. The summed E-state index contributed by atoms with van der Waals surface area (Å²) in [6.45, 7) is 11.6. The molecule has 9 nitrogen and oxygen atoms in total. The van der Waals surface area contributed by atoms with Crippen molar-refractivity contribution in [2.75, 3.05) is 52.9 Å². The molecule has 0 aromatic heterocycles. The normalized spacial score (nSPS) is 19.6. The Labute approximate surface area is 202 Å². The third-order valence-electron chi connectivity index (χ3n) is 6.39. The number of likely N-dealkylation sites (N-methyl/N-ethyl adjacent to an activating group) is 1. The Balaban J connectivity index is 1.95. The summed E-state index contributed by atoms with van der Waals surface area (Å²) in [7, 11) is 1.68. The summed E-state index contributed by atoms with van der Waals surface area (Å²) in [5.74, 6) is -0.423. The number of rotatable bonds is 6. The molecule has 1 saturated heterocycles. The van der Waals surface area contributed by atoms with Crippen molar-refractivity contribution in [1.82, 2.24) is 25.3 Å². The van der Waals surface area contributed by atoms with Crippen LogP contribution in [0.4, 0.5) is 9.59 Å². The van der Waals surface area contributed by atoms with Crippen LogP contribution in [-0.4, -0.2) is 85.7 Å². The van der Waals surface area contributed by atoms with E-state index in [1.165, 1.54) is 4.90 Å². The predicted octanol–water partition coefficient (Wildman–Crippen LogP) is 2.55. The van der Waals surface area contributed by atoms with Gasteiger partial charge in [0.25, 0.3) is 0 Å². The number of hydrogen-bond donors (Lipinski definition) is 2. The van der Waals surface area contributed by atoms with Gasteiger partial charge in [-0.15, -0.1) is 0 Å². The van der Waals surface area contributed by atoms with Crippen LogP contribution in [0.3, 0.4) is 0 Å². The topological polar surface area (TPSA) is 94.2 Å². The van der Waals surface area contributed by atoms with Crippen LogP contribution >= 0.6 is 0 Å². The number of benzene rings is 1. The van der Waals surface area contributed by atoms with Gasteiger partial charge in [-0.3, -0.25) is 9.80 Å². The molecular weight excluding hydrogens is 434 g/mol. The quantitative estimate of drug-likeness (QED) is 0.622. The van der Waals surface area contributed by atoms with E-state index in [1.54, 1.807) is 14.0 Å². The minimum atomic E-state index is -0.586. The molecule has 4 amide bonds. The lowest BCUT2D eigenvalue weighted by atomic mass is 9.90. The third kappa shape index (κ3) is 5.70. The van der Waals surface area contributed by atoms with Crippen LogP contribution in [0.5, 0.6) is 0 Å². The monoisotopic (exact) mass is 471 g/mol. The highest BCUT2D eigenvalue weighted by molar-refractivity contribution is 5.95. The molecule has 0 spiro atoms. The summed E-state index contributed by atoms with van der Waals surface area (Å²) in [5.41, 5.74) is 4.09. The highest BCUT2D eigenvalue weighted by Crippen LogP contribution is 2.33. The molecule has 9 heteroatoms. The van der Waals surface area contributed by atoms with Gasteiger partial charge >= 0.3 is 18.0 Å². The minimum absolute atomic E-state index is 0.0557. The lowest BCUT2D eigenvalue weighted by Crippen LogP contribution is -2.49. The van der Waals surface area contributed by atoms with Crippen LogP contribution in [-0.2, 0) is 9.53 Å². The molecule has 0 bridgehead atoms. The maximum absolute atomic E-state index is 13.2. The summed E-state index contributed by atoms with van der Waals surface area (Å²) in [6, 6.07) is 5.10. The van der Waals surface area contributed by atoms with Gasteiger partial charge in [-0.1, -0.05) is 23.8 Å². The van der Waals surface area contributed by atoms with Crippen LogP contribution in [0, 0.1) is 13.8 Å². The molecule has 2 aliphatic rings. The Morgan fingerprint density at radius 3 is 2.59 bits per heavy atom. The van der Waals surface area contributed by atoms with Gasteiger partial charge in [0.05, 0.1) is 18.2 Å². The van der Waals surface area contributed by atoms with Crippen LogP contribution in [0.2, 0.25) is 0 Å². The van der Waals surface area contributed by atoms with Crippen molar-refractivity contribution in [2.45, 2.75) is 40.2 Å². The minimum Gasteiger partial charge on any atom is -0.463 e.